The Labute approximate surface area is 137 Å². The fourth-order valence-electron chi connectivity index (χ4n) is 1.81. The molecule has 0 aliphatic carbocycles. The van der Waals surface area contributed by atoms with Crippen molar-refractivity contribution in [2.75, 3.05) is 17.2 Å². The van der Waals surface area contributed by atoms with Gasteiger partial charge in [-0.05, 0) is 49.2 Å². The molecule has 0 atom stereocenters. The third-order valence-electron chi connectivity index (χ3n) is 3.10. The topological polar surface area (TPSA) is 41.1 Å². The van der Waals surface area contributed by atoms with E-state index in [1.54, 1.807) is 12.1 Å². The van der Waals surface area contributed by atoms with Gasteiger partial charge in [-0.2, -0.15) is 0 Å². The van der Waals surface area contributed by atoms with E-state index in [0.29, 0.717) is 5.02 Å². The number of hydrogen-bond acceptors (Lipinski definition) is 2. The summed E-state index contributed by atoms with van der Waals surface area (Å²) in [6, 6.07) is 11.3. The second-order valence-electron chi connectivity index (χ2n) is 4.82. The summed E-state index contributed by atoms with van der Waals surface area (Å²) >= 11 is 9.40. The maximum atomic E-state index is 12.0. The van der Waals surface area contributed by atoms with E-state index in [9.17, 15) is 4.79 Å². The molecule has 0 unspecified atom stereocenters. The van der Waals surface area contributed by atoms with Crippen LogP contribution in [0.25, 0.3) is 0 Å². The van der Waals surface area contributed by atoms with Crippen molar-refractivity contribution >= 4 is 44.8 Å². The molecule has 1 amide bonds. The number of nitrogens with one attached hydrogen (secondary N) is 2. The third-order valence-corrected chi connectivity index (χ3v) is 4.19. The molecule has 2 aromatic rings. The first-order valence-electron chi connectivity index (χ1n) is 6.52. The van der Waals surface area contributed by atoms with Gasteiger partial charge in [-0.1, -0.05) is 39.7 Å². The van der Waals surface area contributed by atoms with E-state index in [2.05, 4.69) is 26.6 Å². The van der Waals surface area contributed by atoms with E-state index in [4.69, 9.17) is 11.6 Å². The summed E-state index contributed by atoms with van der Waals surface area (Å²) in [4.78, 5) is 12.0. The highest BCUT2D eigenvalue weighted by molar-refractivity contribution is 9.10. The zero-order chi connectivity index (χ0) is 15.4. The maximum Gasteiger partial charge on any atom is 0.243 e. The molecule has 5 heteroatoms. The van der Waals surface area contributed by atoms with Crippen LogP contribution in [0.15, 0.2) is 40.9 Å². The number of amides is 1. The van der Waals surface area contributed by atoms with E-state index < -0.39 is 0 Å². The largest absolute Gasteiger partial charge is 0.376 e. The second kappa shape index (κ2) is 6.96. The Hall–Kier alpha value is -1.52. The Morgan fingerprint density at radius 3 is 2.57 bits per heavy atom. The predicted molar refractivity (Wildman–Crippen MR) is 92.2 cm³/mol. The van der Waals surface area contributed by atoms with Crippen LogP contribution in [0, 0.1) is 13.8 Å². The highest BCUT2D eigenvalue weighted by Gasteiger charge is 2.06. The minimum absolute atomic E-state index is 0.114. The van der Waals surface area contributed by atoms with Crippen LogP contribution in [0.4, 0.5) is 11.4 Å². The molecule has 0 saturated heterocycles. The first-order valence-corrected chi connectivity index (χ1v) is 7.69. The lowest BCUT2D eigenvalue weighted by atomic mass is 10.2. The van der Waals surface area contributed by atoms with Gasteiger partial charge in [0.25, 0.3) is 0 Å². The summed E-state index contributed by atoms with van der Waals surface area (Å²) in [7, 11) is 0. The van der Waals surface area contributed by atoms with Crippen LogP contribution >= 0.6 is 27.5 Å². The SMILES string of the molecule is Cc1ccc(NCC(=O)Nc2cc(Cl)ccc2C)cc1Br. The molecule has 0 fully saturated rings. The average Bonchev–Trinajstić information content (AvgIpc) is 2.44. The number of rotatable bonds is 4. The van der Waals surface area contributed by atoms with Crippen molar-refractivity contribution in [1.82, 2.24) is 0 Å². The summed E-state index contributed by atoms with van der Waals surface area (Å²) in [5, 5.41) is 6.54. The number of halogens is 2. The fourth-order valence-corrected chi connectivity index (χ4v) is 2.36. The van der Waals surface area contributed by atoms with Crippen molar-refractivity contribution in [3.05, 3.63) is 57.0 Å². The zero-order valence-corrected chi connectivity index (χ0v) is 14.2. The van der Waals surface area contributed by atoms with Crippen LogP contribution in [0.1, 0.15) is 11.1 Å². The van der Waals surface area contributed by atoms with Crippen LogP contribution in [0.2, 0.25) is 5.02 Å². The summed E-state index contributed by atoms with van der Waals surface area (Å²) in [5.74, 6) is -0.114. The highest BCUT2D eigenvalue weighted by atomic mass is 79.9. The standard InChI is InChI=1S/C16H16BrClN2O/c1-10-4-6-13(8-14(10)17)19-9-16(21)20-15-7-12(18)5-3-11(15)2/h3-8,19H,9H2,1-2H3,(H,20,21). The molecular formula is C16H16BrClN2O. The Bertz CT molecular complexity index is 673. The summed E-state index contributed by atoms with van der Waals surface area (Å²) < 4.78 is 1.01. The molecule has 0 aliphatic rings. The van der Waals surface area contributed by atoms with Gasteiger partial charge in [0.15, 0.2) is 0 Å². The van der Waals surface area contributed by atoms with Gasteiger partial charge in [0, 0.05) is 20.9 Å². The van der Waals surface area contributed by atoms with Crippen LogP contribution < -0.4 is 10.6 Å². The van der Waals surface area contributed by atoms with Crippen LogP contribution in [0.3, 0.4) is 0 Å². The highest BCUT2D eigenvalue weighted by Crippen LogP contribution is 2.21. The monoisotopic (exact) mass is 366 g/mol. The molecule has 2 rings (SSSR count). The lowest BCUT2D eigenvalue weighted by molar-refractivity contribution is -0.114. The van der Waals surface area contributed by atoms with E-state index in [-0.39, 0.29) is 12.5 Å². The Morgan fingerprint density at radius 1 is 1.14 bits per heavy atom. The molecule has 0 radical (unpaired) electrons. The molecule has 0 aromatic heterocycles. The molecule has 0 aliphatic heterocycles. The van der Waals surface area contributed by atoms with Gasteiger partial charge in [-0.25, -0.2) is 0 Å². The molecular weight excluding hydrogens is 352 g/mol. The minimum atomic E-state index is -0.114. The van der Waals surface area contributed by atoms with Gasteiger partial charge >= 0.3 is 0 Å². The van der Waals surface area contributed by atoms with Gasteiger partial charge in [0.05, 0.1) is 6.54 Å². The van der Waals surface area contributed by atoms with E-state index in [1.807, 2.05) is 38.1 Å². The van der Waals surface area contributed by atoms with Crippen LogP contribution in [-0.2, 0) is 4.79 Å². The van der Waals surface area contributed by atoms with E-state index in [0.717, 1.165) is 27.0 Å². The summed E-state index contributed by atoms with van der Waals surface area (Å²) in [6.45, 7) is 4.14. The molecule has 0 bridgehead atoms. The Morgan fingerprint density at radius 2 is 1.86 bits per heavy atom. The van der Waals surface area contributed by atoms with Gasteiger partial charge in [-0.15, -0.1) is 0 Å². The first-order chi connectivity index (χ1) is 9.95. The van der Waals surface area contributed by atoms with E-state index in [1.165, 1.54) is 0 Å². The minimum Gasteiger partial charge on any atom is -0.376 e. The van der Waals surface area contributed by atoms with Gasteiger partial charge in [-0.3, -0.25) is 4.79 Å². The third kappa shape index (κ3) is 4.48. The van der Waals surface area contributed by atoms with Gasteiger partial charge in [0.2, 0.25) is 5.91 Å². The predicted octanol–water partition coefficient (Wildman–Crippen LogP) is 4.77. The molecule has 21 heavy (non-hydrogen) atoms. The van der Waals surface area contributed by atoms with Crippen molar-refractivity contribution in [2.24, 2.45) is 0 Å². The second-order valence-corrected chi connectivity index (χ2v) is 6.12. The quantitative estimate of drug-likeness (QED) is 0.817. The first kappa shape index (κ1) is 15.9. The molecule has 0 saturated carbocycles. The summed E-state index contributed by atoms with van der Waals surface area (Å²) in [6.07, 6.45) is 0. The Kier molecular flexibility index (Phi) is 5.26. The maximum absolute atomic E-state index is 12.0. The smallest absolute Gasteiger partial charge is 0.243 e. The molecule has 110 valence electrons. The number of carbonyl (C=O) groups is 1. The summed E-state index contributed by atoms with van der Waals surface area (Å²) in [5.41, 5.74) is 3.76. The van der Waals surface area contributed by atoms with Gasteiger partial charge < -0.3 is 10.6 Å². The number of anilines is 2. The Balaban J connectivity index is 1.95. The molecule has 2 N–H and O–H groups in total. The average molecular weight is 368 g/mol. The molecule has 0 spiro atoms. The zero-order valence-electron chi connectivity index (χ0n) is 11.8. The van der Waals surface area contributed by atoms with Gasteiger partial charge in [0.1, 0.15) is 0 Å². The molecule has 0 heterocycles. The van der Waals surface area contributed by atoms with E-state index >= 15 is 0 Å². The van der Waals surface area contributed by atoms with Crippen molar-refractivity contribution in [1.29, 1.82) is 0 Å². The van der Waals surface area contributed by atoms with Crippen molar-refractivity contribution in [3.8, 4) is 0 Å². The lowest BCUT2D eigenvalue weighted by Gasteiger charge is -2.11. The molecule has 2 aromatic carbocycles. The number of benzene rings is 2. The van der Waals surface area contributed by atoms with Crippen molar-refractivity contribution < 1.29 is 4.79 Å². The van der Waals surface area contributed by atoms with Crippen LogP contribution in [-0.4, -0.2) is 12.5 Å². The number of hydrogen-bond donors (Lipinski definition) is 2. The number of aryl methyl sites for hydroxylation is 2. The molecule has 3 nitrogen and oxygen atoms in total. The van der Waals surface area contributed by atoms with Crippen LogP contribution in [0.5, 0.6) is 0 Å². The van der Waals surface area contributed by atoms with Crippen molar-refractivity contribution in [3.63, 3.8) is 0 Å². The normalized spacial score (nSPS) is 10.3. The number of carbonyl (C=O) groups excluding carboxylic acids is 1. The lowest BCUT2D eigenvalue weighted by Crippen LogP contribution is -2.22. The van der Waals surface area contributed by atoms with Crippen molar-refractivity contribution in [2.45, 2.75) is 13.8 Å². The fraction of sp³-hybridized carbons (Fsp3) is 0.188.